The molecule has 0 spiro atoms. The molecule has 2 aromatic rings. The van der Waals surface area contributed by atoms with E-state index in [1.165, 1.54) is 0 Å². The molecule has 68 valence electrons. The molecule has 0 amide bonds. The second-order valence-corrected chi connectivity index (χ2v) is 2.90. The number of oxazole rings is 1. The Kier molecular flexibility index (Phi) is 1.95. The van der Waals surface area contributed by atoms with Crippen molar-refractivity contribution in [1.29, 1.82) is 5.26 Å². The molecule has 0 N–H and O–H groups in total. The number of carbonyl (C=O) groups is 1. The predicted molar refractivity (Wildman–Crippen MR) is 48.9 cm³/mol. The van der Waals surface area contributed by atoms with Gasteiger partial charge < -0.3 is 4.42 Å². The highest BCUT2D eigenvalue weighted by Gasteiger charge is 2.13. The van der Waals surface area contributed by atoms with Crippen molar-refractivity contribution in [2.45, 2.75) is 0 Å². The van der Waals surface area contributed by atoms with Crippen LogP contribution in [0.25, 0.3) is 11.1 Å². The van der Waals surface area contributed by atoms with E-state index >= 15 is 0 Å². The lowest BCUT2D eigenvalue weighted by Gasteiger charge is -1.86. The lowest BCUT2D eigenvalue weighted by molar-refractivity contribution is 0.105. The molecule has 0 aliphatic rings. The summed E-state index contributed by atoms with van der Waals surface area (Å²) in [6, 6.07) is 6.80. The molecule has 1 aromatic carbocycles. The van der Waals surface area contributed by atoms with Crippen LogP contribution in [0.15, 0.2) is 22.6 Å². The van der Waals surface area contributed by atoms with Crippen molar-refractivity contribution >= 4 is 27.9 Å². The van der Waals surface area contributed by atoms with E-state index in [1.807, 2.05) is 6.07 Å². The van der Waals surface area contributed by atoms with Crippen molar-refractivity contribution in [2.24, 2.45) is 0 Å². The zero-order chi connectivity index (χ0) is 10.1. The number of hydrogen-bond donors (Lipinski definition) is 0. The first-order chi connectivity index (χ1) is 6.72. The molecule has 0 unspecified atom stereocenters. The van der Waals surface area contributed by atoms with E-state index in [-0.39, 0.29) is 5.89 Å². The van der Waals surface area contributed by atoms with Gasteiger partial charge in [0.25, 0.3) is 5.89 Å². The van der Waals surface area contributed by atoms with Crippen LogP contribution in [-0.2, 0) is 0 Å². The molecule has 0 radical (unpaired) electrons. The monoisotopic (exact) mass is 206 g/mol. The summed E-state index contributed by atoms with van der Waals surface area (Å²) in [6.07, 6.45) is 0. The minimum atomic E-state index is -0.773. The summed E-state index contributed by atoms with van der Waals surface area (Å²) in [5.41, 5.74) is 1.10. The maximum Gasteiger partial charge on any atom is 0.307 e. The van der Waals surface area contributed by atoms with Crippen LogP contribution in [0.5, 0.6) is 0 Å². The van der Waals surface area contributed by atoms with Crippen LogP contribution in [0.3, 0.4) is 0 Å². The van der Waals surface area contributed by atoms with Crippen LogP contribution in [0, 0.1) is 11.3 Å². The van der Waals surface area contributed by atoms with Gasteiger partial charge in [0.05, 0.1) is 5.56 Å². The van der Waals surface area contributed by atoms with Gasteiger partial charge in [-0.15, -0.1) is 0 Å². The lowest BCUT2D eigenvalue weighted by Crippen LogP contribution is -1.86. The largest absolute Gasteiger partial charge is 0.433 e. The summed E-state index contributed by atoms with van der Waals surface area (Å²) in [5.74, 6) is -0.190. The normalized spacial score (nSPS) is 10.0. The molecular weight excluding hydrogens is 204 g/mol. The SMILES string of the molecule is N#Cc1cccc2oc(C(=O)Cl)nc12. The molecule has 0 saturated carbocycles. The van der Waals surface area contributed by atoms with Crippen LogP contribution in [0.2, 0.25) is 0 Å². The number of carbonyl (C=O) groups excluding carboxylic acids is 1. The minimum absolute atomic E-state index is 0.190. The topological polar surface area (TPSA) is 66.9 Å². The molecule has 0 aliphatic heterocycles. The summed E-state index contributed by atoms with van der Waals surface area (Å²) >= 11 is 5.19. The first-order valence-electron chi connectivity index (χ1n) is 3.72. The van der Waals surface area contributed by atoms with E-state index < -0.39 is 5.24 Å². The highest BCUT2D eigenvalue weighted by Crippen LogP contribution is 2.19. The lowest BCUT2D eigenvalue weighted by atomic mass is 10.2. The standard InChI is InChI=1S/C9H3ClN2O2/c10-8(13)9-12-7-5(4-11)2-1-3-6(7)14-9/h1-3H. The van der Waals surface area contributed by atoms with Crippen molar-refractivity contribution < 1.29 is 9.21 Å². The summed E-state index contributed by atoms with van der Waals surface area (Å²) in [5, 5.41) is 7.96. The summed E-state index contributed by atoms with van der Waals surface area (Å²) in [7, 11) is 0. The Labute approximate surface area is 83.7 Å². The van der Waals surface area contributed by atoms with Crippen molar-refractivity contribution in [3.63, 3.8) is 0 Å². The molecule has 0 aliphatic carbocycles. The van der Waals surface area contributed by atoms with Gasteiger partial charge in [-0.05, 0) is 23.7 Å². The molecule has 0 atom stereocenters. The van der Waals surface area contributed by atoms with Gasteiger partial charge in [0, 0.05) is 0 Å². The Hall–Kier alpha value is -1.86. The van der Waals surface area contributed by atoms with Gasteiger partial charge in [-0.2, -0.15) is 5.26 Å². The summed E-state index contributed by atoms with van der Waals surface area (Å²) in [6.45, 7) is 0. The number of para-hydroxylation sites is 1. The number of aromatic nitrogens is 1. The molecule has 1 heterocycles. The van der Waals surface area contributed by atoms with Gasteiger partial charge in [0.15, 0.2) is 5.58 Å². The third-order valence-corrected chi connectivity index (χ3v) is 1.87. The van der Waals surface area contributed by atoms with Crippen LogP contribution < -0.4 is 0 Å². The first-order valence-corrected chi connectivity index (χ1v) is 4.09. The Morgan fingerprint density at radius 3 is 3.00 bits per heavy atom. The van der Waals surface area contributed by atoms with Gasteiger partial charge in [-0.25, -0.2) is 4.98 Å². The van der Waals surface area contributed by atoms with Crippen molar-refractivity contribution in [3.05, 3.63) is 29.7 Å². The fourth-order valence-electron chi connectivity index (χ4n) is 1.12. The molecule has 1 aromatic heterocycles. The first kappa shape index (κ1) is 8.73. The number of halogens is 1. The third-order valence-electron chi connectivity index (χ3n) is 1.71. The quantitative estimate of drug-likeness (QED) is 0.670. The minimum Gasteiger partial charge on any atom is -0.433 e. The highest BCUT2D eigenvalue weighted by atomic mass is 35.5. The van der Waals surface area contributed by atoms with E-state index in [1.54, 1.807) is 18.2 Å². The fourth-order valence-corrected chi connectivity index (χ4v) is 1.20. The summed E-state index contributed by atoms with van der Waals surface area (Å²) < 4.78 is 5.03. The molecule has 0 fully saturated rings. The second-order valence-electron chi connectivity index (χ2n) is 2.56. The number of fused-ring (bicyclic) bond motifs is 1. The maximum atomic E-state index is 10.7. The zero-order valence-electron chi connectivity index (χ0n) is 6.82. The molecule has 5 heteroatoms. The predicted octanol–water partition coefficient (Wildman–Crippen LogP) is 2.08. The van der Waals surface area contributed by atoms with E-state index in [4.69, 9.17) is 21.3 Å². The maximum absolute atomic E-state index is 10.7. The molecule has 14 heavy (non-hydrogen) atoms. The number of nitriles is 1. The fraction of sp³-hybridized carbons (Fsp3) is 0. The average Bonchev–Trinajstić information content (AvgIpc) is 2.60. The molecule has 0 saturated heterocycles. The van der Waals surface area contributed by atoms with E-state index in [9.17, 15) is 4.79 Å². The van der Waals surface area contributed by atoms with Gasteiger partial charge in [0.2, 0.25) is 0 Å². The zero-order valence-corrected chi connectivity index (χ0v) is 7.58. The van der Waals surface area contributed by atoms with Gasteiger partial charge in [-0.3, -0.25) is 4.79 Å². The number of rotatable bonds is 1. The van der Waals surface area contributed by atoms with Gasteiger partial charge >= 0.3 is 5.24 Å². The van der Waals surface area contributed by atoms with Gasteiger partial charge in [-0.1, -0.05) is 6.07 Å². The van der Waals surface area contributed by atoms with E-state index in [0.29, 0.717) is 16.7 Å². The Bertz CT molecular complexity index is 553. The second kappa shape index (κ2) is 3.13. The van der Waals surface area contributed by atoms with Crippen LogP contribution in [-0.4, -0.2) is 10.2 Å². The molecule has 4 nitrogen and oxygen atoms in total. The van der Waals surface area contributed by atoms with Crippen molar-refractivity contribution in [3.8, 4) is 6.07 Å². The smallest absolute Gasteiger partial charge is 0.307 e. The molecular formula is C9H3ClN2O2. The van der Waals surface area contributed by atoms with Gasteiger partial charge in [0.1, 0.15) is 11.6 Å². The van der Waals surface area contributed by atoms with E-state index in [2.05, 4.69) is 4.98 Å². The Balaban J connectivity index is 2.78. The number of hydrogen-bond acceptors (Lipinski definition) is 4. The van der Waals surface area contributed by atoms with Crippen molar-refractivity contribution in [1.82, 2.24) is 4.98 Å². The molecule has 2 rings (SSSR count). The third kappa shape index (κ3) is 1.24. The summed E-state index contributed by atoms with van der Waals surface area (Å²) in [4.78, 5) is 14.6. The Morgan fingerprint density at radius 2 is 2.36 bits per heavy atom. The van der Waals surface area contributed by atoms with Crippen LogP contribution in [0.4, 0.5) is 0 Å². The van der Waals surface area contributed by atoms with Crippen LogP contribution in [0.1, 0.15) is 16.2 Å². The van der Waals surface area contributed by atoms with E-state index in [0.717, 1.165) is 0 Å². The number of nitrogens with zero attached hydrogens (tertiary/aromatic N) is 2. The van der Waals surface area contributed by atoms with Crippen LogP contribution >= 0.6 is 11.6 Å². The average molecular weight is 207 g/mol. The van der Waals surface area contributed by atoms with Crippen molar-refractivity contribution in [2.75, 3.05) is 0 Å². The highest BCUT2D eigenvalue weighted by molar-refractivity contribution is 6.67. The Morgan fingerprint density at radius 1 is 1.57 bits per heavy atom. The number of benzene rings is 1. The molecule has 0 bridgehead atoms.